The molecule has 2 amide bonds. The second-order valence-electron chi connectivity index (χ2n) is 5.41. The summed E-state index contributed by atoms with van der Waals surface area (Å²) in [4.78, 5) is 25.8. The number of nitrogens with two attached hydrogens (primary N) is 1. The third-order valence-corrected chi connectivity index (χ3v) is 5.35. The van der Waals surface area contributed by atoms with Crippen molar-refractivity contribution in [3.05, 3.63) is 0 Å². The number of likely N-dealkylation sites (tertiary alicyclic amines) is 1. The summed E-state index contributed by atoms with van der Waals surface area (Å²) in [6.07, 6.45) is 4.66. The number of rotatable bonds is 5. The van der Waals surface area contributed by atoms with Crippen molar-refractivity contribution in [2.24, 2.45) is 11.7 Å². The van der Waals surface area contributed by atoms with Gasteiger partial charge in [0.15, 0.2) is 0 Å². The monoisotopic (exact) mass is 270 g/mol. The van der Waals surface area contributed by atoms with Gasteiger partial charge in [0, 0.05) is 12.5 Å². The van der Waals surface area contributed by atoms with Gasteiger partial charge in [0.1, 0.15) is 0 Å². The molecule has 1 saturated heterocycles. The molecule has 102 valence electrons. The lowest BCUT2D eigenvalue weighted by atomic mass is 10.2. The molecule has 0 radical (unpaired) electrons. The zero-order valence-corrected chi connectivity index (χ0v) is 11.7. The molecule has 1 saturated carbocycles. The van der Waals surface area contributed by atoms with E-state index in [2.05, 4.69) is 6.92 Å². The van der Waals surface area contributed by atoms with E-state index in [-0.39, 0.29) is 23.1 Å². The lowest BCUT2D eigenvalue weighted by Crippen LogP contribution is -2.39. The highest BCUT2D eigenvalue weighted by Gasteiger charge is 2.43. The van der Waals surface area contributed by atoms with Crippen molar-refractivity contribution in [2.75, 3.05) is 12.3 Å². The molecule has 2 unspecified atom stereocenters. The summed E-state index contributed by atoms with van der Waals surface area (Å²) < 4.78 is 0. The van der Waals surface area contributed by atoms with E-state index in [1.807, 2.05) is 0 Å². The Balaban J connectivity index is 1.91. The third-order valence-electron chi connectivity index (χ3n) is 3.82. The lowest BCUT2D eigenvalue weighted by Gasteiger charge is -2.22. The number of carbonyl (C=O) groups is 2. The first-order valence-corrected chi connectivity index (χ1v) is 7.86. The zero-order valence-electron chi connectivity index (χ0n) is 10.9. The Kier molecular flexibility index (Phi) is 4.67. The van der Waals surface area contributed by atoms with E-state index in [0.29, 0.717) is 18.9 Å². The number of thioether (sulfide) groups is 1. The second kappa shape index (κ2) is 6.06. The van der Waals surface area contributed by atoms with Crippen molar-refractivity contribution in [1.29, 1.82) is 0 Å². The van der Waals surface area contributed by atoms with Gasteiger partial charge in [-0.1, -0.05) is 19.8 Å². The summed E-state index contributed by atoms with van der Waals surface area (Å²) in [6, 6.07) is 0.183. The Morgan fingerprint density at radius 3 is 2.67 bits per heavy atom. The normalized spacial score (nSPS) is 27.2. The predicted molar refractivity (Wildman–Crippen MR) is 73.2 cm³/mol. The maximum atomic E-state index is 12.3. The van der Waals surface area contributed by atoms with Crippen molar-refractivity contribution >= 4 is 23.6 Å². The average molecular weight is 270 g/mol. The first-order chi connectivity index (χ1) is 8.63. The van der Waals surface area contributed by atoms with E-state index in [1.54, 1.807) is 16.7 Å². The molecule has 1 aliphatic heterocycles. The van der Waals surface area contributed by atoms with E-state index >= 15 is 0 Å². The van der Waals surface area contributed by atoms with E-state index < -0.39 is 0 Å². The fraction of sp³-hybridized carbons (Fsp3) is 0.846. The SMILES string of the molecule is CC(CN)CSC1CC(=O)N(C2CCCC2)C1=O. The standard InChI is InChI=1S/C13H22N2O2S/c1-9(7-14)8-18-11-6-12(16)15(13(11)17)10-4-2-3-5-10/h9-11H,2-8,14H2,1H3. The average Bonchev–Trinajstić information content (AvgIpc) is 2.95. The maximum absolute atomic E-state index is 12.3. The Morgan fingerprint density at radius 1 is 1.39 bits per heavy atom. The summed E-state index contributed by atoms with van der Waals surface area (Å²) >= 11 is 1.60. The largest absolute Gasteiger partial charge is 0.330 e. The van der Waals surface area contributed by atoms with Crippen LogP contribution in [0.5, 0.6) is 0 Å². The van der Waals surface area contributed by atoms with Crippen LogP contribution in [0.25, 0.3) is 0 Å². The maximum Gasteiger partial charge on any atom is 0.243 e. The van der Waals surface area contributed by atoms with Gasteiger partial charge in [0.2, 0.25) is 11.8 Å². The van der Waals surface area contributed by atoms with E-state index in [4.69, 9.17) is 5.73 Å². The number of carbonyl (C=O) groups excluding carboxylic acids is 2. The summed E-state index contributed by atoms with van der Waals surface area (Å²) in [7, 11) is 0. The number of hydrogen-bond donors (Lipinski definition) is 1. The first-order valence-electron chi connectivity index (χ1n) is 6.81. The van der Waals surface area contributed by atoms with Gasteiger partial charge >= 0.3 is 0 Å². The molecule has 1 heterocycles. The minimum Gasteiger partial charge on any atom is -0.330 e. The fourth-order valence-electron chi connectivity index (χ4n) is 2.65. The van der Waals surface area contributed by atoms with Crippen LogP contribution >= 0.6 is 11.8 Å². The van der Waals surface area contributed by atoms with Crippen LogP contribution in [0.4, 0.5) is 0 Å². The quantitative estimate of drug-likeness (QED) is 0.767. The van der Waals surface area contributed by atoms with Crippen LogP contribution in [-0.2, 0) is 9.59 Å². The molecule has 2 atom stereocenters. The fourth-order valence-corrected chi connectivity index (χ4v) is 3.86. The van der Waals surface area contributed by atoms with Crippen molar-refractivity contribution < 1.29 is 9.59 Å². The molecule has 0 aromatic carbocycles. The molecule has 2 N–H and O–H groups in total. The van der Waals surface area contributed by atoms with Crippen molar-refractivity contribution in [3.63, 3.8) is 0 Å². The van der Waals surface area contributed by atoms with Gasteiger partial charge in [-0.05, 0) is 31.1 Å². The summed E-state index contributed by atoms with van der Waals surface area (Å²) in [5, 5.41) is -0.160. The third kappa shape index (κ3) is 2.88. The highest BCUT2D eigenvalue weighted by atomic mass is 32.2. The minimum atomic E-state index is -0.160. The molecule has 5 heteroatoms. The molecule has 1 aliphatic carbocycles. The molecule has 0 bridgehead atoms. The summed E-state index contributed by atoms with van der Waals surface area (Å²) in [6.45, 7) is 2.71. The topological polar surface area (TPSA) is 63.4 Å². The Morgan fingerprint density at radius 2 is 2.06 bits per heavy atom. The molecular weight excluding hydrogens is 248 g/mol. The van der Waals surface area contributed by atoms with Gasteiger partial charge in [-0.15, -0.1) is 11.8 Å². The number of amides is 2. The summed E-state index contributed by atoms with van der Waals surface area (Å²) in [5.41, 5.74) is 5.57. The van der Waals surface area contributed by atoms with Crippen LogP contribution in [0, 0.1) is 5.92 Å². The molecule has 4 nitrogen and oxygen atoms in total. The smallest absolute Gasteiger partial charge is 0.243 e. The molecular formula is C13H22N2O2S. The van der Waals surface area contributed by atoms with Gasteiger partial charge < -0.3 is 5.73 Å². The first kappa shape index (κ1) is 13.9. The van der Waals surface area contributed by atoms with Crippen LogP contribution in [-0.4, -0.2) is 40.3 Å². The lowest BCUT2D eigenvalue weighted by molar-refractivity contribution is -0.140. The van der Waals surface area contributed by atoms with Gasteiger partial charge in [0.25, 0.3) is 0 Å². The van der Waals surface area contributed by atoms with Crippen molar-refractivity contribution in [2.45, 2.75) is 50.3 Å². The molecule has 2 rings (SSSR count). The predicted octanol–water partition coefficient (Wildman–Crippen LogP) is 1.38. The highest BCUT2D eigenvalue weighted by Crippen LogP contribution is 2.32. The van der Waals surface area contributed by atoms with Crippen molar-refractivity contribution in [1.82, 2.24) is 4.90 Å². The molecule has 0 aromatic heterocycles. The van der Waals surface area contributed by atoms with Crippen LogP contribution in [0.15, 0.2) is 0 Å². The Hall–Kier alpha value is -0.550. The molecule has 0 spiro atoms. The molecule has 18 heavy (non-hydrogen) atoms. The van der Waals surface area contributed by atoms with Crippen LogP contribution in [0.3, 0.4) is 0 Å². The Bertz CT molecular complexity index is 329. The van der Waals surface area contributed by atoms with Gasteiger partial charge in [0.05, 0.1) is 5.25 Å². The number of nitrogens with zero attached hydrogens (tertiary/aromatic N) is 1. The van der Waals surface area contributed by atoms with Crippen molar-refractivity contribution in [3.8, 4) is 0 Å². The Labute approximate surface area is 113 Å². The summed E-state index contributed by atoms with van der Waals surface area (Å²) in [5.74, 6) is 1.34. The van der Waals surface area contributed by atoms with Crippen LogP contribution < -0.4 is 5.73 Å². The minimum absolute atomic E-state index is 0.0322. The number of imide groups is 1. The van der Waals surface area contributed by atoms with E-state index in [0.717, 1.165) is 31.4 Å². The second-order valence-corrected chi connectivity index (χ2v) is 6.64. The number of hydrogen-bond acceptors (Lipinski definition) is 4. The molecule has 0 aromatic rings. The van der Waals surface area contributed by atoms with E-state index in [1.165, 1.54) is 0 Å². The van der Waals surface area contributed by atoms with Gasteiger partial charge in [-0.2, -0.15) is 0 Å². The zero-order chi connectivity index (χ0) is 13.1. The highest BCUT2D eigenvalue weighted by molar-refractivity contribution is 8.00. The van der Waals surface area contributed by atoms with Gasteiger partial charge in [-0.3, -0.25) is 14.5 Å². The van der Waals surface area contributed by atoms with Crippen LogP contribution in [0.1, 0.15) is 39.0 Å². The van der Waals surface area contributed by atoms with E-state index in [9.17, 15) is 9.59 Å². The van der Waals surface area contributed by atoms with Gasteiger partial charge in [-0.25, -0.2) is 0 Å². The molecule has 2 fully saturated rings. The molecule has 2 aliphatic rings. The van der Waals surface area contributed by atoms with Crippen LogP contribution in [0.2, 0.25) is 0 Å².